The minimum Gasteiger partial charge on any atom is -0.618 e. The van der Waals surface area contributed by atoms with E-state index in [0.717, 1.165) is 23.5 Å². The molecular weight excluding hydrogens is 208 g/mol. The van der Waals surface area contributed by atoms with E-state index < -0.39 is 0 Å². The fourth-order valence-electron chi connectivity index (χ4n) is 2.02. The summed E-state index contributed by atoms with van der Waals surface area (Å²) in [5.74, 6) is 0. The van der Waals surface area contributed by atoms with Gasteiger partial charge < -0.3 is 19.3 Å². The van der Waals surface area contributed by atoms with Crippen LogP contribution in [-0.2, 0) is 4.74 Å². The van der Waals surface area contributed by atoms with Crippen LogP contribution in [0.25, 0.3) is 11.1 Å². The number of ether oxygens (including phenoxy) is 1. The van der Waals surface area contributed by atoms with Gasteiger partial charge in [0.1, 0.15) is 0 Å². The zero-order valence-electron chi connectivity index (χ0n) is 8.76. The molecule has 0 atom stereocenters. The molecule has 16 heavy (non-hydrogen) atoms. The van der Waals surface area contributed by atoms with Gasteiger partial charge in [0.2, 0.25) is 5.58 Å². The number of rotatable bonds is 1. The molecule has 0 amide bonds. The van der Waals surface area contributed by atoms with Gasteiger partial charge in [0, 0.05) is 19.2 Å². The number of anilines is 1. The Kier molecular flexibility index (Phi) is 2.18. The summed E-state index contributed by atoms with van der Waals surface area (Å²) < 4.78 is 11.5. The van der Waals surface area contributed by atoms with Crippen LogP contribution in [0.1, 0.15) is 0 Å². The molecule has 3 heterocycles. The summed E-state index contributed by atoms with van der Waals surface area (Å²) in [5.41, 5.74) is 2.19. The van der Waals surface area contributed by atoms with Crippen molar-refractivity contribution in [3.05, 3.63) is 29.8 Å². The molecule has 84 valence electrons. The first kappa shape index (κ1) is 9.47. The zero-order valence-corrected chi connectivity index (χ0v) is 8.76. The highest BCUT2D eigenvalue weighted by molar-refractivity contribution is 5.84. The van der Waals surface area contributed by atoms with Gasteiger partial charge in [-0.15, -0.1) is 0 Å². The van der Waals surface area contributed by atoms with E-state index in [0.29, 0.717) is 24.3 Å². The lowest BCUT2D eigenvalue weighted by molar-refractivity contribution is -0.576. The molecule has 1 saturated heterocycles. The number of fused-ring (bicyclic) bond motifs is 1. The lowest BCUT2D eigenvalue weighted by atomic mass is 10.3. The number of morpholine rings is 1. The number of hydrogen-bond donors (Lipinski definition) is 0. The van der Waals surface area contributed by atoms with Gasteiger partial charge in [0.15, 0.2) is 6.20 Å². The Balaban J connectivity index is 2.08. The molecule has 0 unspecified atom stereocenters. The number of hydrogen-bond acceptors (Lipinski definition) is 4. The van der Waals surface area contributed by atoms with Crippen LogP contribution in [0.3, 0.4) is 0 Å². The molecule has 0 radical (unpaired) electrons. The first-order valence-electron chi connectivity index (χ1n) is 5.28. The van der Waals surface area contributed by atoms with E-state index in [-0.39, 0.29) is 0 Å². The van der Waals surface area contributed by atoms with Crippen LogP contribution >= 0.6 is 0 Å². The van der Waals surface area contributed by atoms with Crippen LogP contribution in [0.5, 0.6) is 0 Å². The molecule has 1 aliphatic rings. The van der Waals surface area contributed by atoms with Gasteiger partial charge in [0.05, 0.1) is 31.2 Å². The van der Waals surface area contributed by atoms with Gasteiger partial charge in [-0.05, 0) is 0 Å². The van der Waals surface area contributed by atoms with Crippen LogP contribution < -0.4 is 9.63 Å². The fourth-order valence-corrected chi connectivity index (χ4v) is 2.02. The Morgan fingerprint density at radius 2 is 2.06 bits per heavy atom. The number of pyridine rings is 1. The van der Waals surface area contributed by atoms with Crippen LogP contribution in [0, 0.1) is 5.21 Å². The van der Waals surface area contributed by atoms with E-state index in [9.17, 15) is 5.21 Å². The Bertz CT molecular complexity index is 503. The van der Waals surface area contributed by atoms with E-state index in [1.54, 1.807) is 18.4 Å². The molecule has 0 aliphatic carbocycles. The average Bonchev–Trinajstić information content (AvgIpc) is 2.81. The van der Waals surface area contributed by atoms with E-state index >= 15 is 0 Å². The van der Waals surface area contributed by atoms with Crippen LogP contribution in [-0.4, -0.2) is 26.3 Å². The summed E-state index contributed by atoms with van der Waals surface area (Å²) in [4.78, 5) is 2.18. The van der Waals surface area contributed by atoms with E-state index in [1.807, 2.05) is 0 Å². The largest absolute Gasteiger partial charge is 0.618 e. The molecule has 3 rings (SSSR count). The van der Waals surface area contributed by atoms with Gasteiger partial charge in [-0.2, -0.15) is 4.73 Å². The molecule has 1 aliphatic heterocycles. The van der Waals surface area contributed by atoms with Gasteiger partial charge in [-0.3, -0.25) is 0 Å². The van der Waals surface area contributed by atoms with Gasteiger partial charge >= 0.3 is 0 Å². The first-order chi connectivity index (χ1) is 7.86. The number of aromatic nitrogens is 1. The van der Waals surface area contributed by atoms with Crippen LogP contribution in [0.4, 0.5) is 5.69 Å². The minimum absolute atomic E-state index is 0.573. The summed E-state index contributed by atoms with van der Waals surface area (Å²) in [5, 5.41) is 11.5. The summed E-state index contributed by atoms with van der Waals surface area (Å²) in [6.07, 6.45) is 3.06. The molecule has 5 nitrogen and oxygen atoms in total. The third-order valence-electron chi connectivity index (χ3n) is 2.83. The third-order valence-corrected chi connectivity index (χ3v) is 2.83. The smallest absolute Gasteiger partial charge is 0.264 e. The molecule has 0 spiro atoms. The van der Waals surface area contributed by atoms with Crippen LogP contribution in [0.15, 0.2) is 29.0 Å². The molecular formula is C11H12N2O3. The topological polar surface area (TPSA) is 52.5 Å². The highest BCUT2D eigenvalue weighted by Gasteiger charge is 2.19. The molecule has 2 aromatic heterocycles. The Hall–Kier alpha value is -1.75. The maximum Gasteiger partial charge on any atom is 0.264 e. The highest BCUT2D eigenvalue weighted by Crippen LogP contribution is 2.25. The van der Waals surface area contributed by atoms with Crippen molar-refractivity contribution >= 4 is 16.8 Å². The van der Waals surface area contributed by atoms with Crippen molar-refractivity contribution in [2.24, 2.45) is 0 Å². The standard InChI is InChI=1S/C11H12N2O3/c14-13-3-1-9(11-10(13)2-6-16-11)12-4-7-15-8-5-12/h1-3,6H,4-5,7-8H2. The first-order valence-corrected chi connectivity index (χ1v) is 5.28. The predicted octanol–water partition coefficient (Wildman–Crippen LogP) is 0.903. The SMILES string of the molecule is [O-][n+]1ccc(N2CCOCC2)c2occc21. The van der Waals surface area contributed by atoms with E-state index in [4.69, 9.17) is 9.15 Å². The maximum atomic E-state index is 11.5. The second-order valence-electron chi connectivity index (χ2n) is 3.76. The second-order valence-corrected chi connectivity index (χ2v) is 3.76. The molecule has 0 N–H and O–H groups in total. The highest BCUT2D eigenvalue weighted by atomic mass is 16.5. The lowest BCUT2D eigenvalue weighted by Gasteiger charge is -2.28. The molecule has 1 fully saturated rings. The number of nitrogens with zero attached hydrogens (tertiary/aromatic N) is 2. The lowest BCUT2D eigenvalue weighted by Crippen LogP contribution is -2.37. The second kappa shape index (κ2) is 3.68. The zero-order chi connectivity index (χ0) is 11.0. The quantitative estimate of drug-likeness (QED) is 0.529. The van der Waals surface area contributed by atoms with Gasteiger partial charge in [-0.1, -0.05) is 0 Å². The summed E-state index contributed by atoms with van der Waals surface area (Å²) in [6, 6.07) is 3.48. The fraction of sp³-hybridized carbons (Fsp3) is 0.364. The molecule has 0 aromatic carbocycles. The summed E-state index contributed by atoms with van der Waals surface area (Å²) in [7, 11) is 0. The van der Waals surface area contributed by atoms with Crippen molar-refractivity contribution in [3.63, 3.8) is 0 Å². The van der Waals surface area contributed by atoms with Gasteiger partial charge in [0.25, 0.3) is 5.52 Å². The average molecular weight is 220 g/mol. The Morgan fingerprint density at radius 1 is 1.25 bits per heavy atom. The maximum absolute atomic E-state index is 11.5. The van der Waals surface area contributed by atoms with Gasteiger partial charge in [-0.25, -0.2) is 0 Å². The van der Waals surface area contributed by atoms with Crippen molar-refractivity contribution in [1.82, 2.24) is 0 Å². The number of furan rings is 1. The normalized spacial score (nSPS) is 16.9. The van der Waals surface area contributed by atoms with E-state index in [1.165, 1.54) is 6.20 Å². The third kappa shape index (κ3) is 1.40. The van der Waals surface area contributed by atoms with E-state index in [2.05, 4.69) is 4.90 Å². The molecule has 0 saturated carbocycles. The molecule has 0 bridgehead atoms. The monoisotopic (exact) mass is 220 g/mol. The van der Waals surface area contributed by atoms with Crippen molar-refractivity contribution in [1.29, 1.82) is 0 Å². The Labute approximate surface area is 92.4 Å². The Morgan fingerprint density at radius 3 is 2.88 bits per heavy atom. The summed E-state index contributed by atoms with van der Waals surface area (Å²) >= 11 is 0. The van der Waals surface area contributed by atoms with Crippen molar-refractivity contribution < 1.29 is 13.9 Å². The van der Waals surface area contributed by atoms with Crippen molar-refractivity contribution in [2.75, 3.05) is 31.2 Å². The molecule has 5 heteroatoms. The van der Waals surface area contributed by atoms with Crippen LogP contribution in [0.2, 0.25) is 0 Å². The molecule has 2 aromatic rings. The predicted molar refractivity (Wildman–Crippen MR) is 58.2 cm³/mol. The van der Waals surface area contributed by atoms with Crippen molar-refractivity contribution in [2.45, 2.75) is 0 Å². The van der Waals surface area contributed by atoms with Crippen molar-refractivity contribution in [3.8, 4) is 0 Å². The summed E-state index contributed by atoms with van der Waals surface area (Å²) in [6.45, 7) is 3.10. The minimum atomic E-state index is 0.573.